The molecule has 0 aromatic rings. The van der Waals surface area contributed by atoms with E-state index in [0.717, 1.165) is 18.1 Å². The van der Waals surface area contributed by atoms with E-state index in [2.05, 4.69) is 26.4 Å². The third-order valence-electron chi connectivity index (χ3n) is 3.99. The Kier molecular flexibility index (Phi) is 10.0. The third kappa shape index (κ3) is 6.86. The Morgan fingerprint density at radius 1 is 0.818 bits per heavy atom. The maximum absolute atomic E-state index is 4.29. The zero-order valence-electron chi connectivity index (χ0n) is 13.7. The van der Waals surface area contributed by atoms with Crippen molar-refractivity contribution in [2.24, 2.45) is 0 Å². The molecule has 2 rings (SSSR count). The lowest BCUT2D eigenvalue weighted by Crippen LogP contribution is -2.02. The van der Waals surface area contributed by atoms with Gasteiger partial charge in [-0.3, -0.25) is 0 Å². The van der Waals surface area contributed by atoms with Gasteiger partial charge in [0.15, 0.2) is 5.82 Å². The summed E-state index contributed by atoms with van der Waals surface area (Å²) in [5, 5.41) is 0. The van der Waals surface area contributed by atoms with Crippen molar-refractivity contribution in [1.82, 2.24) is 19.5 Å². The van der Waals surface area contributed by atoms with Gasteiger partial charge in [0.05, 0.1) is 6.33 Å². The van der Waals surface area contributed by atoms with E-state index in [4.69, 9.17) is 0 Å². The molecular weight excluding hydrogens is 340 g/mol. The van der Waals surface area contributed by atoms with Gasteiger partial charge in [-0.15, -0.1) is 17.0 Å². The van der Waals surface area contributed by atoms with E-state index >= 15 is 0 Å². The van der Waals surface area contributed by atoms with Crippen molar-refractivity contribution in [3.05, 3.63) is 18.9 Å². The molecule has 0 unspecified atom stereocenters. The van der Waals surface area contributed by atoms with Crippen LogP contribution in [0.5, 0.6) is 0 Å². The highest BCUT2D eigenvalue weighted by atomic mass is 79.9. The Labute approximate surface area is 144 Å². The largest absolute Gasteiger partial charge is 0.337 e. The molecule has 0 N–H and O–H groups in total. The highest BCUT2D eigenvalue weighted by Crippen LogP contribution is 2.13. The van der Waals surface area contributed by atoms with Crippen LogP contribution in [0.15, 0.2) is 18.9 Å². The molecule has 0 aromatic heterocycles. The second kappa shape index (κ2) is 11.6. The van der Waals surface area contributed by atoms with Gasteiger partial charge in [-0.1, -0.05) is 64.7 Å². The molecule has 0 aliphatic carbocycles. The molecule has 0 spiro atoms. The first-order chi connectivity index (χ1) is 10.4. The van der Waals surface area contributed by atoms with Crippen molar-refractivity contribution < 1.29 is 0 Å². The fourth-order valence-electron chi connectivity index (χ4n) is 2.68. The number of nitrogens with zero attached hydrogens (tertiary/aromatic N) is 4. The number of hydrogen-bond acceptors (Lipinski definition) is 3. The van der Waals surface area contributed by atoms with Crippen LogP contribution >= 0.6 is 17.0 Å². The molecule has 0 fully saturated rings. The van der Waals surface area contributed by atoms with E-state index in [0.29, 0.717) is 0 Å². The summed E-state index contributed by atoms with van der Waals surface area (Å²) in [6.45, 7) is 3.31. The molecule has 2 heterocycles. The van der Waals surface area contributed by atoms with E-state index in [1.165, 1.54) is 64.2 Å². The molecule has 0 radical (unpaired) electrons. The topological polar surface area (TPSA) is 43.6 Å². The van der Waals surface area contributed by atoms with Gasteiger partial charge in [0.1, 0.15) is 12.0 Å². The molecule has 0 saturated carbocycles. The van der Waals surface area contributed by atoms with Gasteiger partial charge in [-0.2, -0.15) is 0 Å². The van der Waals surface area contributed by atoms with Crippen LogP contribution in [0.1, 0.15) is 71.1 Å². The molecule has 4 nitrogen and oxygen atoms in total. The van der Waals surface area contributed by atoms with Gasteiger partial charge in [0.25, 0.3) is 0 Å². The number of unbranched alkanes of at least 4 members (excludes halogenated alkanes) is 9. The van der Waals surface area contributed by atoms with Gasteiger partial charge < -0.3 is 4.57 Å². The van der Waals surface area contributed by atoms with Gasteiger partial charge in [0.2, 0.25) is 0 Å². The first-order valence-corrected chi connectivity index (χ1v) is 8.52. The predicted molar refractivity (Wildman–Crippen MR) is 96.6 cm³/mol. The zero-order chi connectivity index (χ0) is 14.8. The Morgan fingerprint density at radius 3 is 2.14 bits per heavy atom. The molecule has 0 aromatic carbocycles. The third-order valence-corrected chi connectivity index (χ3v) is 3.99. The molecule has 0 amide bonds. The van der Waals surface area contributed by atoms with Crippen molar-refractivity contribution in [3.63, 3.8) is 0 Å². The number of hydrogen-bond donors (Lipinski definition) is 0. The lowest BCUT2D eigenvalue weighted by atomic mass is 10.1. The number of rotatable bonds is 11. The zero-order valence-corrected chi connectivity index (χ0v) is 15.4. The van der Waals surface area contributed by atoms with Crippen molar-refractivity contribution in [2.45, 2.75) is 77.7 Å². The summed E-state index contributed by atoms with van der Waals surface area (Å²) in [6.07, 6.45) is 19.2. The molecule has 5 heteroatoms. The average Bonchev–Trinajstić information content (AvgIpc) is 2.97. The second-order valence-electron chi connectivity index (χ2n) is 5.88. The summed E-state index contributed by atoms with van der Waals surface area (Å²) < 4.78 is 2.13. The fourth-order valence-corrected chi connectivity index (χ4v) is 2.68. The monoisotopic (exact) mass is 368 g/mol. The number of imidazole rings is 1. The van der Waals surface area contributed by atoms with Gasteiger partial charge in [-0.25, -0.2) is 15.0 Å². The Balaban J connectivity index is 0.00000242. The quantitative estimate of drug-likeness (QED) is 0.507. The van der Waals surface area contributed by atoms with Crippen molar-refractivity contribution in [2.75, 3.05) is 0 Å². The lowest BCUT2D eigenvalue weighted by molar-refractivity contribution is 0.532. The maximum atomic E-state index is 4.29. The van der Waals surface area contributed by atoms with Gasteiger partial charge in [0, 0.05) is 12.7 Å². The van der Waals surface area contributed by atoms with Crippen LogP contribution < -0.4 is 0 Å². The second-order valence-corrected chi connectivity index (χ2v) is 5.88. The summed E-state index contributed by atoms with van der Waals surface area (Å²) in [5.74, 6) is 0.745. The predicted octanol–water partition coefficient (Wildman–Crippen LogP) is 5.28. The normalized spacial score (nSPS) is 10.8. The first kappa shape index (κ1) is 19.1. The van der Waals surface area contributed by atoms with E-state index in [1.807, 2.05) is 12.5 Å². The van der Waals surface area contributed by atoms with Crippen molar-refractivity contribution >= 4 is 17.0 Å². The van der Waals surface area contributed by atoms with Gasteiger partial charge >= 0.3 is 0 Å². The molecule has 2 aliphatic rings. The molecule has 22 heavy (non-hydrogen) atoms. The Morgan fingerprint density at radius 2 is 1.45 bits per heavy atom. The lowest BCUT2D eigenvalue weighted by Gasteiger charge is -2.07. The SMILES string of the molecule is Br.CCCCCCCCCCCCn1cnc2ncnc-2c1. The fraction of sp³-hybridized carbons (Fsp3) is 0.706. The average molecular weight is 369 g/mol. The number of aromatic nitrogens is 4. The van der Waals surface area contributed by atoms with E-state index in [1.54, 1.807) is 6.33 Å². The maximum Gasteiger partial charge on any atom is 0.182 e. The van der Waals surface area contributed by atoms with E-state index < -0.39 is 0 Å². The molecule has 2 aliphatic heterocycles. The highest BCUT2D eigenvalue weighted by Gasteiger charge is 2.06. The summed E-state index contributed by atoms with van der Waals surface area (Å²) in [4.78, 5) is 12.6. The number of fused-ring (bicyclic) bond motifs is 1. The summed E-state index contributed by atoms with van der Waals surface area (Å²) in [6, 6.07) is 0. The highest BCUT2D eigenvalue weighted by molar-refractivity contribution is 8.93. The number of aryl methyl sites for hydroxylation is 1. The molecule has 0 saturated heterocycles. The van der Waals surface area contributed by atoms with Gasteiger partial charge in [-0.05, 0) is 6.42 Å². The minimum Gasteiger partial charge on any atom is -0.337 e. The van der Waals surface area contributed by atoms with Crippen LogP contribution in [-0.2, 0) is 6.54 Å². The molecule has 124 valence electrons. The number of halogens is 1. The van der Waals surface area contributed by atoms with Crippen LogP contribution in [0.25, 0.3) is 11.5 Å². The standard InChI is InChI=1S/C17H28N4.BrH/c1-2-3-4-5-6-7-8-9-10-11-12-21-13-16-17(20-15-21)19-14-18-16;/h13-15H,2-12H2,1H3;1H. The molecular formula is C17H29BrN4. The van der Waals surface area contributed by atoms with Crippen LogP contribution in [0, 0.1) is 0 Å². The van der Waals surface area contributed by atoms with Crippen LogP contribution in [0.4, 0.5) is 0 Å². The smallest absolute Gasteiger partial charge is 0.182 e. The van der Waals surface area contributed by atoms with Crippen molar-refractivity contribution in [1.29, 1.82) is 0 Å². The van der Waals surface area contributed by atoms with Crippen LogP contribution in [0.3, 0.4) is 0 Å². The van der Waals surface area contributed by atoms with E-state index in [9.17, 15) is 0 Å². The van der Waals surface area contributed by atoms with Crippen molar-refractivity contribution in [3.8, 4) is 11.5 Å². The van der Waals surface area contributed by atoms with Crippen LogP contribution in [0.2, 0.25) is 0 Å². The Hall–Kier alpha value is -0.970. The minimum absolute atomic E-state index is 0. The summed E-state index contributed by atoms with van der Waals surface area (Å²) >= 11 is 0. The molecule has 0 bridgehead atoms. The minimum atomic E-state index is 0. The first-order valence-electron chi connectivity index (χ1n) is 8.52. The van der Waals surface area contributed by atoms with Crippen LogP contribution in [-0.4, -0.2) is 19.5 Å². The summed E-state index contributed by atoms with van der Waals surface area (Å²) in [7, 11) is 0. The van der Waals surface area contributed by atoms with E-state index in [-0.39, 0.29) is 17.0 Å². The summed E-state index contributed by atoms with van der Waals surface area (Å²) in [5.41, 5.74) is 0.893. The Bertz CT molecular complexity index is 472. The molecule has 0 atom stereocenters.